The van der Waals surface area contributed by atoms with E-state index in [1.54, 1.807) is 6.07 Å². The first-order chi connectivity index (χ1) is 6.75. The van der Waals surface area contributed by atoms with E-state index in [4.69, 9.17) is 0 Å². The minimum absolute atomic E-state index is 0.210. The van der Waals surface area contributed by atoms with Crippen molar-refractivity contribution < 1.29 is 4.39 Å². The van der Waals surface area contributed by atoms with Crippen LogP contribution in [0, 0.1) is 5.82 Å². The molecular weight excluding hydrogens is 247 g/mol. The Labute approximate surface area is 92.0 Å². The van der Waals surface area contributed by atoms with Crippen molar-refractivity contribution in [1.82, 2.24) is 10.6 Å². The normalized spacial score (nSPS) is 10.5. The zero-order valence-corrected chi connectivity index (χ0v) is 9.70. The number of benzene rings is 1. The van der Waals surface area contributed by atoms with Crippen LogP contribution in [0.2, 0.25) is 0 Å². The monoisotopic (exact) mass is 260 g/mol. The van der Waals surface area contributed by atoms with Crippen LogP contribution in [0.5, 0.6) is 0 Å². The molecule has 2 N–H and O–H groups in total. The van der Waals surface area contributed by atoms with E-state index in [-0.39, 0.29) is 5.82 Å². The Morgan fingerprint density at radius 1 is 1.36 bits per heavy atom. The molecule has 78 valence electrons. The van der Waals surface area contributed by atoms with Gasteiger partial charge in [0.25, 0.3) is 0 Å². The molecule has 0 amide bonds. The van der Waals surface area contributed by atoms with Gasteiger partial charge in [-0.1, -0.05) is 12.1 Å². The highest BCUT2D eigenvalue weighted by Crippen LogP contribution is 2.19. The van der Waals surface area contributed by atoms with Crippen molar-refractivity contribution in [3.05, 3.63) is 34.1 Å². The van der Waals surface area contributed by atoms with E-state index in [2.05, 4.69) is 26.6 Å². The highest BCUT2D eigenvalue weighted by molar-refractivity contribution is 9.10. The first kappa shape index (κ1) is 11.6. The van der Waals surface area contributed by atoms with Crippen molar-refractivity contribution in [2.24, 2.45) is 0 Å². The van der Waals surface area contributed by atoms with Gasteiger partial charge < -0.3 is 10.6 Å². The molecule has 2 nitrogen and oxygen atoms in total. The van der Waals surface area contributed by atoms with Crippen molar-refractivity contribution in [1.29, 1.82) is 0 Å². The Balaban J connectivity index is 2.46. The second kappa shape index (κ2) is 6.11. The molecule has 1 aromatic rings. The molecular formula is C10H14BrFN2. The van der Waals surface area contributed by atoms with E-state index in [0.29, 0.717) is 11.0 Å². The summed E-state index contributed by atoms with van der Waals surface area (Å²) in [6.45, 7) is 2.46. The summed E-state index contributed by atoms with van der Waals surface area (Å²) >= 11 is 3.22. The van der Waals surface area contributed by atoms with Crippen LogP contribution in [0.25, 0.3) is 0 Å². The summed E-state index contributed by atoms with van der Waals surface area (Å²) in [5, 5.41) is 6.24. The molecule has 1 rings (SSSR count). The van der Waals surface area contributed by atoms with Gasteiger partial charge in [-0.25, -0.2) is 4.39 Å². The van der Waals surface area contributed by atoms with E-state index in [9.17, 15) is 4.39 Å². The zero-order chi connectivity index (χ0) is 10.4. The molecule has 0 unspecified atom stereocenters. The van der Waals surface area contributed by atoms with Gasteiger partial charge in [-0.3, -0.25) is 0 Å². The van der Waals surface area contributed by atoms with Crippen LogP contribution >= 0.6 is 15.9 Å². The van der Waals surface area contributed by atoms with Crippen LogP contribution in [0.4, 0.5) is 4.39 Å². The van der Waals surface area contributed by atoms with Crippen molar-refractivity contribution in [3.63, 3.8) is 0 Å². The lowest BCUT2D eigenvalue weighted by Crippen LogP contribution is -2.24. The molecule has 14 heavy (non-hydrogen) atoms. The minimum atomic E-state index is -0.210. The van der Waals surface area contributed by atoms with E-state index in [1.807, 2.05) is 13.1 Å². The number of nitrogens with one attached hydrogen (secondary N) is 2. The Hall–Kier alpha value is -0.450. The van der Waals surface area contributed by atoms with Gasteiger partial charge in [0, 0.05) is 19.6 Å². The van der Waals surface area contributed by atoms with Gasteiger partial charge in [-0.15, -0.1) is 0 Å². The van der Waals surface area contributed by atoms with Crippen LogP contribution < -0.4 is 10.6 Å². The molecule has 0 fully saturated rings. The van der Waals surface area contributed by atoms with Crippen LogP contribution in [0.3, 0.4) is 0 Å². The Bertz CT molecular complexity index is 291. The summed E-state index contributed by atoms with van der Waals surface area (Å²) in [6, 6.07) is 5.07. The lowest BCUT2D eigenvalue weighted by atomic mass is 10.2. The molecule has 0 bridgehead atoms. The summed E-state index contributed by atoms with van der Waals surface area (Å²) < 4.78 is 13.6. The quantitative estimate of drug-likeness (QED) is 0.791. The van der Waals surface area contributed by atoms with Gasteiger partial charge in [-0.05, 0) is 34.6 Å². The average Bonchev–Trinajstić information content (AvgIpc) is 2.19. The topological polar surface area (TPSA) is 24.1 Å². The summed E-state index contributed by atoms with van der Waals surface area (Å²) in [7, 11) is 1.90. The third-order valence-corrected chi connectivity index (χ3v) is 2.79. The highest BCUT2D eigenvalue weighted by atomic mass is 79.9. The number of hydrogen-bond donors (Lipinski definition) is 2. The van der Waals surface area contributed by atoms with Crippen molar-refractivity contribution >= 4 is 15.9 Å². The minimum Gasteiger partial charge on any atom is -0.318 e. The van der Waals surface area contributed by atoms with Crippen LogP contribution in [0.1, 0.15) is 5.56 Å². The maximum atomic E-state index is 13.1. The smallest absolute Gasteiger partial charge is 0.137 e. The van der Waals surface area contributed by atoms with Crippen molar-refractivity contribution in [3.8, 4) is 0 Å². The molecule has 0 aromatic heterocycles. The van der Waals surface area contributed by atoms with Crippen LogP contribution in [0.15, 0.2) is 22.7 Å². The number of rotatable bonds is 5. The molecule has 1 aromatic carbocycles. The molecule has 0 aliphatic heterocycles. The summed E-state index contributed by atoms with van der Waals surface area (Å²) in [5.41, 5.74) is 0.945. The van der Waals surface area contributed by atoms with Gasteiger partial charge in [0.1, 0.15) is 5.82 Å². The molecule has 0 saturated carbocycles. The molecule has 0 heterocycles. The second-order valence-corrected chi connectivity index (χ2v) is 3.79. The number of halogens is 2. The molecule has 0 saturated heterocycles. The van der Waals surface area contributed by atoms with E-state index in [1.165, 1.54) is 6.07 Å². The van der Waals surface area contributed by atoms with Gasteiger partial charge in [0.15, 0.2) is 0 Å². The molecule has 0 aliphatic rings. The molecule has 0 spiro atoms. The van der Waals surface area contributed by atoms with E-state index in [0.717, 1.165) is 18.7 Å². The Morgan fingerprint density at radius 2 is 2.14 bits per heavy atom. The van der Waals surface area contributed by atoms with Crippen LogP contribution in [-0.2, 0) is 6.54 Å². The van der Waals surface area contributed by atoms with Gasteiger partial charge in [-0.2, -0.15) is 0 Å². The van der Waals surface area contributed by atoms with Gasteiger partial charge in [0.2, 0.25) is 0 Å². The van der Waals surface area contributed by atoms with E-state index < -0.39 is 0 Å². The average molecular weight is 261 g/mol. The zero-order valence-electron chi connectivity index (χ0n) is 8.11. The van der Waals surface area contributed by atoms with Crippen molar-refractivity contribution in [2.75, 3.05) is 20.1 Å². The largest absolute Gasteiger partial charge is 0.318 e. The first-order valence-electron chi connectivity index (χ1n) is 4.54. The maximum absolute atomic E-state index is 13.1. The highest BCUT2D eigenvalue weighted by Gasteiger charge is 2.03. The fourth-order valence-electron chi connectivity index (χ4n) is 1.12. The standard InChI is InChI=1S/C10H14BrFN2/c1-13-5-6-14-7-8-3-2-4-9(12)10(8)11/h2-4,13-14H,5-7H2,1H3. The van der Waals surface area contributed by atoms with Crippen molar-refractivity contribution in [2.45, 2.75) is 6.54 Å². The predicted molar refractivity (Wildman–Crippen MR) is 59.7 cm³/mol. The molecule has 0 aliphatic carbocycles. The van der Waals surface area contributed by atoms with Gasteiger partial charge >= 0.3 is 0 Å². The lowest BCUT2D eigenvalue weighted by Gasteiger charge is -2.06. The lowest BCUT2D eigenvalue weighted by molar-refractivity contribution is 0.609. The predicted octanol–water partition coefficient (Wildman–Crippen LogP) is 1.90. The Morgan fingerprint density at radius 3 is 2.86 bits per heavy atom. The summed E-state index contributed by atoms with van der Waals surface area (Å²) in [5.74, 6) is -0.210. The van der Waals surface area contributed by atoms with Gasteiger partial charge in [0.05, 0.1) is 4.47 Å². The number of hydrogen-bond acceptors (Lipinski definition) is 2. The van der Waals surface area contributed by atoms with Crippen LogP contribution in [-0.4, -0.2) is 20.1 Å². The first-order valence-corrected chi connectivity index (χ1v) is 5.33. The third-order valence-electron chi connectivity index (χ3n) is 1.90. The fourth-order valence-corrected chi connectivity index (χ4v) is 1.53. The third kappa shape index (κ3) is 3.36. The summed E-state index contributed by atoms with van der Waals surface area (Å²) in [4.78, 5) is 0. The molecule has 4 heteroatoms. The SMILES string of the molecule is CNCCNCc1cccc(F)c1Br. The molecule has 0 radical (unpaired) electrons. The number of likely N-dealkylation sites (N-methyl/N-ethyl adjacent to an activating group) is 1. The summed E-state index contributed by atoms with van der Waals surface area (Å²) in [6.07, 6.45) is 0. The second-order valence-electron chi connectivity index (χ2n) is 2.99. The van der Waals surface area contributed by atoms with E-state index >= 15 is 0 Å². The maximum Gasteiger partial charge on any atom is 0.137 e. The Kier molecular flexibility index (Phi) is 5.07. The fraction of sp³-hybridized carbons (Fsp3) is 0.400. The molecule has 0 atom stereocenters.